The second kappa shape index (κ2) is 8.21. The van der Waals surface area contributed by atoms with Crippen LogP contribution in [0.2, 0.25) is 0 Å². The van der Waals surface area contributed by atoms with Crippen LogP contribution in [0.3, 0.4) is 0 Å². The highest BCUT2D eigenvalue weighted by Gasteiger charge is 2.21. The van der Waals surface area contributed by atoms with E-state index < -0.39 is 17.6 Å². The molecule has 1 heterocycles. The van der Waals surface area contributed by atoms with Crippen LogP contribution in [0.15, 0.2) is 18.2 Å². The second-order valence-electron chi connectivity index (χ2n) is 6.34. The van der Waals surface area contributed by atoms with E-state index in [9.17, 15) is 14.0 Å². The number of anilines is 1. The number of halogens is 1. The van der Waals surface area contributed by atoms with Crippen LogP contribution in [0, 0.1) is 12.7 Å². The predicted molar refractivity (Wildman–Crippen MR) is 91.3 cm³/mol. The quantitative estimate of drug-likeness (QED) is 0.799. The molecular weight excluding hydrogens is 311 g/mol. The van der Waals surface area contributed by atoms with Crippen molar-refractivity contribution < 1.29 is 14.0 Å². The van der Waals surface area contributed by atoms with Crippen molar-refractivity contribution in [3.63, 3.8) is 0 Å². The Morgan fingerprint density at radius 2 is 1.88 bits per heavy atom. The van der Waals surface area contributed by atoms with Gasteiger partial charge >= 0.3 is 11.8 Å². The van der Waals surface area contributed by atoms with Crippen molar-refractivity contribution in [1.29, 1.82) is 0 Å². The van der Waals surface area contributed by atoms with Crippen LogP contribution in [0.1, 0.15) is 12.5 Å². The normalized spacial score (nSPS) is 17.3. The maximum atomic E-state index is 13.7. The number of carbonyl (C=O) groups excluding carboxylic acids is 2. The monoisotopic (exact) mass is 336 g/mol. The fourth-order valence-electron chi connectivity index (χ4n) is 2.61. The summed E-state index contributed by atoms with van der Waals surface area (Å²) in [6.07, 6.45) is 0. The summed E-state index contributed by atoms with van der Waals surface area (Å²) in [7, 11) is 2.08. The minimum atomic E-state index is -0.858. The molecule has 0 saturated carbocycles. The Kier molecular flexibility index (Phi) is 6.28. The van der Waals surface area contributed by atoms with Crippen LogP contribution < -0.4 is 10.6 Å². The summed E-state index contributed by atoms with van der Waals surface area (Å²) >= 11 is 0. The van der Waals surface area contributed by atoms with Gasteiger partial charge in [-0.15, -0.1) is 0 Å². The van der Waals surface area contributed by atoms with E-state index in [0.29, 0.717) is 6.54 Å². The molecule has 1 aromatic rings. The number of carbonyl (C=O) groups is 2. The molecule has 1 aromatic carbocycles. The van der Waals surface area contributed by atoms with Crippen molar-refractivity contribution >= 4 is 17.5 Å². The van der Waals surface area contributed by atoms with Gasteiger partial charge in [0.1, 0.15) is 5.82 Å². The van der Waals surface area contributed by atoms with E-state index >= 15 is 0 Å². The summed E-state index contributed by atoms with van der Waals surface area (Å²) in [6.45, 7) is 8.01. The Bertz CT molecular complexity index is 600. The molecule has 2 N–H and O–H groups in total. The highest BCUT2D eigenvalue weighted by atomic mass is 19.1. The Labute approximate surface area is 142 Å². The van der Waals surface area contributed by atoms with E-state index in [1.54, 1.807) is 13.0 Å². The molecule has 7 heteroatoms. The third-order valence-corrected chi connectivity index (χ3v) is 4.30. The van der Waals surface area contributed by atoms with Gasteiger partial charge < -0.3 is 15.5 Å². The average Bonchev–Trinajstić information content (AvgIpc) is 2.55. The van der Waals surface area contributed by atoms with Crippen LogP contribution in [0.25, 0.3) is 0 Å². The van der Waals surface area contributed by atoms with Gasteiger partial charge in [0.05, 0.1) is 5.69 Å². The third kappa shape index (κ3) is 5.01. The molecule has 0 spiro atoms. The van der Waals surface area contributed by atoms with Crippen LogP contribution in [-0.4, -0.2) is 67.4 Å². The number of nitrogens with zero attached hydrogens (tertiary/aromatic N) is 2. The fraction of sp³-hybridized carbons (Fsp3) is 0.529. The standard InChI is InChI=1S/C17H25FN4O2/c1-12-4-5-15(14(18)10-12)20-17(24)16(23)19-11-13(2)22-8-6-21(3)7-9-22/h4-5,10,13H,6-9,11H2,1-3H3,(H,19,23)(H,20,24)/t13-/m0/s1. The van der Waals surface area contributed by atoms with Gasteiger partial charge in [-0.3, -0.25) is 14.5 Å². The maximum Gasteiger partial charge on any atom is 0.313 e. The van der Waals surface area contributed by atoms with Gasteiger partial charge in [-0.05, 0) is 38.6 Å². The van der Waals surface area contributed by atoms with Gasteiger partial charge in [0.2, 0.25) is 0 Å². The van der Waals surface area contributed by atoms with E-state index in [4.69, 9.17) is 0 Å². The van der Waals surface area contributed by atoms with Gasteiger partial charge in [-0.1, -0.05) is 6.07 Å². The van der Waals surface area contributed by atoms with Crippen LogP contribution in [-0.2, 0) is 9.59 Å². The van der Waals surface area contributed by atoms with Crippen LogP contribution in [0.5, 0.6) is 0 Å². The lowest BCUT2D eigenvalue weighted by Crippen LogP contribution is -2.52. The largest absolute Gasteiger partial charge is 0.346 e. The van der Waals surface area contributed by atoms with Gasteiger partial charge in [-0.2, -0.15) is 0 Å². The number of aryl methyl sites for hydroxylation is 1. The zero-order chi connectivity index (χ0) is 17.7. The molecule has 2 rings (SSSR count). The van der Waals surface area contributed by atoms with Crippen molar-refractivity contribution in [3.05, 3.63) is 29.6 Å². The van der Waals surface area contributed by atoms with Crippen molar-refractivity contribution in [2.75, 3.05) is 45.1 Å². The lowest BCUT2D eigenvalue weighted by molar-refractivity contribution is -0.136. The number of hydrogen-bond donors (Lipinski definition) is 2. The Morgan fingerprint density at radius 1 is 1.21 bits per heavy atom. The Morgan fingerprint density at radius 3 is 2.50 bits per heavy atom. The molecule has 24 heavy (non-hydrogen) atoms. The lowest BCUT2D eigenvalue weighted by atomic mass is 10.2. The number of nitrogens with one attached hydrogen (secondary N) is 2. The fourth-order valence-corrected chi connectivity index (χ4v) is 2.61. The number of likely N-dealkylation sites (N-methyl/N-ethyl adjacent to an activating group) is 1. The lowest BCUT2D eigenvalue weighted by Gasteiger charge is -2.36. The van der Waals surface area contributed by atoms with Crippen LogP contribution >= 0.6 is 0 Å². The molecule has 1 atom stereocenters. The zero-order valence-corrected chi connectivity index (χ0v) is 14.4. The first-order chi connectivity index (χ1) is 11.4. The summed E-state index contributed by atoms with van der Waals surface area (Å²) in [5.74, 6) is -2.17. The summed E-state index contributed by atoms with van der Waals surface area (Å²) in [5.41, 5.74) is 0.754. The second-order valence-corrected chi connectivity index (χ2v) is 6.34. The van der Waals surface area contributed by atoms with E-state index in [1.165, 1.54) is 12.1 Å². The van der Waals surface area contributed by atoms with Crippen molar-refractivity contribution in [2.24, 2.45) is 0 Å². The first-order valence-corrected chi connectivity index (χ1v) is 8.14. The molecular formula is C17H25FN4O2. The zero-order valence-electron chi connectivity index (χ0n) is 14.4. The first-order valence-electron chi connectivity index (χ1n) is 8.14. The minimum absolute atomic E-state index is 0.00728. The molecule has 0 radical (unpaired) electrons. The topological polar surface area (TPSA) is 64.7 Å². The molecule has 1 fully saturated rings. The molecule has 0 aromatic heterocycles. The third-order valence-electron chi connectivity index (χ3n) is 4.30. The smallest absolute Gasteiger partial charge is 0.313 e. The average molecular weight is 336 g/mol. The molecule has 132 valence electrons. The van der Waals surface area contributed by atoms with Gasteiger partial charge in [0.25, 0.3) is 0 Å². The SMILES string of the molecule is Cc1ccc(NC(=O)C(=O)NC[C@H](C)N2CCN(C)CC2)c(F)c1. The minimum Gasteiger partial charge on any atom is -0.346 e. The molecule has 1 aliphatic rings. The summed E-state index contributed by atoms with van der Waals surface area (Å²) < 4.78 is 13.7. The van der Waals surface area contributed by atoms with E-state index in [0.717, 1.165) is 31.7 Å². The van der Waals surface area contributed by atoms with Gasteiger partial charge in [0.15, 0.2) is 0 Å². The molecule has 0 unspecified atom stereocenters. The van der Waals surface area contributed by atoms with Crippen molar-refractivity contribution in [1.82, 2.24) is 15.1 Å². The summed E-state index contributed by atoms with van der Waals surface area (Å²) in [4.78, 5) is 28.3. The highest BCUT2D eigenvalue weighted by molar-refractivity contribution is 6.39. The number of amides is 2. The molecule has 0 aliphatic carbocycles. The number of piperazine rings is 1. The predicted octanol–water partition coefficient (Wildman–Crippen LogP) is 0.825. The Hall–Kier alpha value is -1.99. The number of benzene rings is 1. The summed E-state index contributed by atoms with van der Waals surface area (Å²) in [5, 5.41) is 4.91. The molecule has 2 amide bonds. The van der Waals surface area contributed by atoms with E-state index in [1.807, 2.05) is 6.92 Å². The van der Waals surface area contributed by atoms with Gasteiger partial charge in [-0.25, -0.2) is 4.39 Å². The maximum absolute atomic E-state index is 13.7. The number of rotatable bonds is 4. The van der Waals surface area contributed by atoms with E-state index in [-0.39, 0.29) is 11.7 Å². The highest BCUT2D eigenvalue weighted by Crippen LogP contribution is 2.15. The van der Waals surface area contributed by atoms with Crippen molar-refractivity contribution in [3.8, 4) is 0 Å². The molecule has 0 bridgehead atoms. The molecule has 1 aliphatic heterocycles. The van der Waals surface area contributed by atoms with Crippen molar-refractivity contribution in [2.45, 2.75) is 19.9 Å². The Balaban J connectivity index is 1.80. The first kappa shape index (κ1) is 18.4. The number of hydrogen-bond acceptors (Lipinski definition) is 4. The molecule has 1 saturated heterocycles. The molecule has 6 nitrogen and oxygen atoms in total. The summed E-state index contributed by atoms with van der Waals surface area (Å²) in [6, 6.07) is 4.57. The van der Waals surface area contributed by atoms with Crippen LogP contribution in [0.4, 0.5) is 10.1 Å². The van der Waals surface area contributed by atoms with E-state index in [2.05, 4.69) is 27.5 Å². The van der Waals surface area contributed by atoms with Gasteiger partial charge in [0, 0.05) is 38.8 Å².